The quantitative estimate of drug-likeness (QED) is 0.444. The second-order valence-corrected chi connectivity index (χ2v) is 8.55. The third-order valence-electron chi connectivity index (χ3n) is 5.66. The number of furan rings is 1. The van der Waals surface area contributed by atoms with Crippen LogP contribution in [0.15, 0.2) is 52.1 Å². The van der Waals surface area contributed by atoms with Crippen molar-refractivity contribution in [3.05, 3.63) is 59.5 Å². The molecular weight excluding hydrogens is 390 g/mol. The molecule has 0 spiro atoms. The summed E-state index contributed by atoms with van der Waals surface area (Å²) in [5, 5.41) is 17.1. The van der Waals surface area contributed by atoms with Crippen LogP contribution in [0.25, 0.3) is 0 Å². The van der Waals surface area contributed by atoms with Gasteiger partial charge in [0.05, 0.1) is 19.4 Å². The molecule has 31 heavy (non-hydrogen) atoms. The van der Waals surface area contributed by atoms with Crippen LogP contribution in [0.4, 0.5) is 0 Å². The van der Waals surface area contributed by atoms with Crippen LogP contribution in [-0.4, -0.2) is 67.2 Å². The SMILES string of the molecule is CCNC(=NCc1ccc(CN2CCCN(C)CC2)cc1)NCC(C)(O)c1ccco1. The molecule has 3 rings (SSSR count). The number of guanidine groups is 1. The van der Waals surface area contributed by atoms with E-state index in [1.807, 2.05) is 6.92 Å². The van der Waals surface area contributed by atoms with Gasteiger partial charge in [-0.3, -0.25) is 4.90 Å². The van der Waals surface area contributed by atoms with Crippen LogP contribution >= 0.6 is 0 Å². The molecule has 1 aliphatic heterocycles. The van der Waals surface area contributed by atoms with Crippen molar-refractivity contribution in [2.45, 2.75) is 39.0 Å². The highest BCUT2D eigenvalue weighted by Crippen LogP contribution is 2.19. The van der Waals surface area contributed by atoms with E-state index in [4.69, 9.17) is 4.42 Å². The van der Waals surface area contributed by atoms with E-state index in [1.54, 1.807) is 25.3 Å². The molecule has 0 saturated carbocycles. The van der Waals surface area contributed by atoms with Crippen LogP contribution in [-0.2, 0) is 18.7 Å². The number of nitrogens with one attached hydrogen (secondary N) is 2. The van der Waals surface area contributed by atoms with E-state index in [0.29, 0.717) is 24.8 Å². The zero-order valence-corrected chi connectivity index (χ0v) is 19.1. The minimum Gasteiger partial charge on any atom is -0.466 e. The summed E-state index contributed by atoms with van der Waals surface area (Å²) in [6.45, 7) is 11.0. The van der Waals surface area contributed by atoms with Crippen molar-refractivity contribution in [3.8, 4) is 0 Å². The molecule has 170 valence electrons. The molecule has 1 atom stereocenters. The molecule has 0 amide bonds. The highest BCUT2D eigenvalue weighted by atomic mass is 16.4. The van der Waals surface area contributed by atoms with Gasteiger partial charge in [-0.05, 0) is 63.7 Å². The number of hydrogen-bond acceptors (Lipinski definition) is 5. The zero-order chi connectivity index (χ0) is 22.1. The average molecular weight is 428 g/mol. The van der Waals surface area contributed by atoms with Crippen LogP contribution in [0, 0.1) is 0 Å². The third kappa shape index (κ3) is 7.38. The van der Waals surface area contributed by atoms with E-state index in [0.717, 1.165) is 38.3 Å². The van der Waals surface area contributed by atoms with Crippen molar-refractivity contribution in [1.82, 2.24) is 20.4 Å². The average Bonchev–Trinajstić information content (AvgIpc) is 3.24. The molecule has 1 aromatic heterocycles. The minimum absolute atomic E-state index is 0.302. The van der Waals surface area contributed by atoms with Gasteiger partial charge >= 0.3 is 0 Å². The number of rotatable bonds is 8. The van der Waals surface area contributed by atoms with E-state index < -0.39 is 5.60 Å². The lowest BCUT2D eigenvalue weighted by molar-refractivity contribution is 0.0386. The standard InChI is InChI=1S/C24H37N5O2/c1-4-25-23(27-19-24(2,30)22-7-5-16-31-22)26-17-20-8-10-21(11-9-20)18-29-13-6-12-28(3)14-15-29/h5,7-11,16,30H,4,6,12-15,17-19H2,1-3H3,(H2,25,26,27). The van der Waals surface area contributed by atoms with E-state index in [9.17, 15) is 5.11 Å². The molecule has 0 bridgehead atoms. The van der Waals surface area contributed by atoms with Crippen LogP contribution in [0.3, 0.4) is 0 Å². The van der Waals surface area contributed by atoms with Gasteiger partial charge in [-0.25, -0.2) is 4.99 Å². The van der Waals surface area contributed by atoms with Gasteiger partial charge in [-0.15, -0.1) is 0 Å². The minimum atomic E-state index is -1.11. The Kier molecular flexibility index (Phi) is 8.51. The second kappa shape index (κ2) is 11.3. The van der Waals surface area contributed by atoms with Crippen LogP contribution in [0.5, 0.6) is 0 Å². The predicted molar refractivity (Wildman–Crippen MR) is 125 cm³/mol. The first-order valence-corrected chi connectivity index (χ1v) is 11.2. The monoisotopic (exact) mass is 427 g/mol. The number of aliphatic imine (C=N–C) groups is 1. The summed E-state index contributed by atoms with van der Waals surface area (Å²) in [6.07, 6.45) is 2.80. The Hall–Kier alpha value is -2.35. The molecule has 2 heterocycles. The van der Waals surface area contributed by atoms with Crippen molar-refractivity contribution in [2.75, 3.05) is 46.3 Å². The maximum absolute atomic E-state index is 10.6. The topological polar surface area (TPSA) is 76.3 Å². The molecule has 0 aliphatic carbocycles. The summed E-state index contributed by atoms with van der Waals surface area (Å²) in [5.41, 5.74) is 1.40. The Morgan fingerprint density at radius 2 is 1.87 bits per heavy atom. The van der Waals surface area contributed by atoms with Crippen molar-refractivity contribution in [3.63, 3.8) is 0 Å². The summed E-state index contributed by atoms with van der Waals surface area (Å²) in [5.74, 6) is 1.20. The highest BCUT2D eigenvalue weighted by molar-refractivity contribution is 5.79. The molecule has 1 fully saturated rings. The fourth-order valence-electron chi connectivity index (χ4n) is 3.71. The maximum Gasteiger partial charge on any atom is 0.191 e. The largest absolute Gasteiger partial charge is 0.466 e. The molecule has 1 unspecified atom stereocenters. The first-order chi connectivity index (χ1) is 15.0. The van der Waals surface area contributed by atoms with Crippen molar-refractivity contribution in [2.24, 2.45) is 4.99 Å². The molecule has 0 radical (unpaired) electrons. The summed E-state index contributed by atoms with van der Waals surface area (Å²) in [6, 6.07) is 12.3. The Bertz CT molecular complexity index is 802. The summed E-state index contributed by atoms with van der Waals surface area (Å²) in [4.78, 5) is 9.62. The fraction of sp³-hybridized carbons (Fsp3) is 0.542. The Morgan fingerprint density at radius 3 is 2.58 bits per heavy atom. The van der Waals surface area contributed by atoms with Crippen LogP contribution in [0.2, 0.25) is 0 Å². The van der Waals surface area contributed by atoms with Gasteiger partial charge in [0.2, 0.25) is 0 Å². The second-order valence-electron chi connectivity index (χ2n) is 8.55. The van der Waals surface area contributed by atoms with E-state index in [-0.39, 0.29) is 0 Å². The van der Waals surface area contributed by atoms with E-state index in [2.05, 4.69) is 56.7 Å². The van der Waals surface area contributed by atoms with Gasteiger partial charge in [-0.1, -0.05) is 24.3 Å². The van der Waals surface area contributed by atoms with Gasteiger partial charge in [0.25, 0.3) is 0 Å². The predicted octanol–water partition coefficient (Wildman–Crippen LogP) is 2.38. The normalized spacial score (nSPS) is 18.4. The third-order valence-corrected chi connectivity index (χ3v) is 5.66. The number of nitrogens with zero attached hydrogens (tertiary/aromatic N) is 3. The van der Waals surface area contributed by atoms with E-state index >= 15 is 0 Å². The van der Waals surface area contributed by atoms with Gasteiger partial charge in [-0.2, -0.15) is 0 Å². The van der Waals surface area contributed by atoms with Crippen molar-refractivity contribution < 1.29 is 9.52 Å². The van der Waals surface area contributed by atoms with Gasteiger partial charge in [0, 0.05) is 26.2 Å². The smallest absolute Gasteiger partial charge is 0.191 e. The number of likely N-dealkylation sites (N-methyl/N-ethyl adjacent to an activating group) is 1. The van der Waals surface area contributed by atoms with Gasteiger partial charge in [0.15, 0.2) is 5.96 Å². The Morgan fingerprint density at radius 1 is 1.10 bits per heavy atom. The van der Waals surface area contributed by atoms with Crippen molar-refractivity contribution >= 4 is 5.96 Å². The lowest BCUT2D eigenvalue weighted by Gasteiger charge is -2.22. The van der Waals surface area contributed by atoms with Gasteiger partial charge in [0.1, 0.15) is 11.4 Å². The zero-order valence-electron chi connectivity index (χ0n) is 19.1. The summed E-state index contributed by atoms with van der Waals surface area (Å²) < 4.78 is 5.34. The van der Waals surface area contributed by atoms with Crippen LogP contribution < -0.4 is 10.6 Å². The van der Waals surface area contributed by atoms with Crippen molar-refractivity contribution in [1.29, 1.82) is 0 Å². The molecule has 1 aromatic carbocycles. The molecular formula is C24H37N5O2. The first-order valence-electron chi connectivity index (χ1n) is 11.2. The highest BCUT2D eigenvalue weighted by Gasteiger charge is 2.26. The lowest BCUT2D eigenvalue weighted by atomic mass is 10.0. The molecule has 7 heteroatoms. The van der Waals surface area contributed by atoms with Crippen LogP contribution in [0.1, 0.15) is 37.2 Å². The Labute approximate surface area is 186 Å². The molecule has 1 aliphatic rings. The maximum atomic E-state index is 10.6. The summed E-state index contributed by atoms with van der Waals surface area (Å²) in [7, 11) is 2.20. The van der Waals surface area contributed by atoms with E-state index in [1.165, 1.54) is 18.5 Å². The molecule has 7 nitrogen and oxygen atoms in total. The number of hydrogen-bond donors (Lipinski definition) is 3. The Balaban J connectivity index is 1.53. The molecule has 1 saturated heterocycles. The molecule has 2 aromatic rings. The number of benzene rings is 1. The fourth-order valence-corrected chi connectivity index (χ4v) is 3.71. The first kappa shape index (κ1) is 23.3. The number of aliphatic hydroxyl groups is 1. The van der Waals surface area contributed by atoms with Gasteiger partial charge < -0.3 is 25.1 Å². The lowest BCUT2D eigenvalue weighted by Crippen LogP contribution is -2.44. The summed E-state index contributed by atoms with van der Waals surface area (Å²) >= 11 is 0. The molecule has 3 N–H and O–H groups in total.